The van der Waals surface area contributed by atoms with Gasteiger partial charge in [0, 0.05) is 23.4 Å². The Labute approximate surface area is 185 Å². The van der Waals surface area contributed by atoms with Crippen LogP contribution in [0, 0.1) is 0 Å². The van der Waals surface area contributed by atoms with E-state index < -0.39 is 0 Å². The Kier molecular flexibility index (Phi) is 9.18. The average molecular weight is 430 g/mol. The highest BCUT2D eigenvalue weighted by Gasteiger charge is 2.18. The first-order chi connectivity index (χ1) is 14.1. The van der Waals surface area contributed by atoms with Crippen LogP contribution in [0.25, 0.3) is 0 Å². The van der Waals surface area contributed by atoms with Gasteiger partial charge in [-0.05, 0) is 61.6 Å². The summed E-state index contributed by atoms with van der Waals surface area (Å²) in [7, 11) is 0. The number of hydrogen-bond acceptors (Lipinski definition) is 3. The number of hydrogen-bond donors (Lipinski definition) is 2. The predicted molar refractivity (Wildman–Crippen MR) is 126 cm³/mol. The third-order valence-electron chi connectivity index (χ3n) is 5.29. The summed E-state index contributed by atoms with van der Waals surface area (Å²) >= 11 is 0. The smallest absolute Gasteiger partial charge is 0.255 e. The lowest BCUT2D eigenvalue weighted by Gasteiger charge is -2.25. The molecular formula is C24H32ClN3O2. The van der Waals surface area contributed by atoms with Crippen molar-refractivity contribution in [2.45, 2.75) is 58.5 Å². The van der Waals surface area contributed by atoms with E-state index in [9.17, 15) is 4.79 Å². The van der Waals surface area contributed by atoms with E-state index in [0.717, 1.165) is 67.6 Å². The highest BCUT2D eigenvalue weighted by molar-refractivity contribution is 6.05. The summed E-state index contributed by atoms with van der Waals surface area (Å²) < 4.78 is 5.97. The normalized spacial score (nSPS) is 15.5. The van der Waals surface area contributed by atoms with Crippen molar-refractivity contribution in [2.24, 2.45) is 10.7 Å². The molecule has 1 aliphatic rings. The molecule has 162 valence electrons. The number of benzene rings is 2. The Bertz CT molecular complexity index is 865. The molecule has 2 aromatic rings. The van der Waals surface area contributed by atoms with Gasteiger partial charge in [-0.1, -0.05) is 38.8 Å². The van der Waals surface area contributed by atoms with Crippen LogP contribution < -0.4 is 15.8 Å². The first-order valence-corrected chi connectivity index (χ1v) is 10.6. The van der Waals surface area contributed by atoms with Gasteiger partial charge in [0.2, 0.25) is 0 Å². The summed E-state index contributed by atoms with van der Waals surface area (Å²) in [4.78, 5) is 17.0. The first-order valence-electron chi connectivity index (χ1n) is 10.6. The van der Waals surface area contributed by atoms with Gasteiger partial charge < -0.3 is 15.8 Å². The van der Waals surface area contributed by atoms with Gasteiger partial charge in [-0.2, -0.15) is 0 Å². The van der Waals surface area contributed by atoms with Crippen molar-refractivity contribution in [3.05, 3.63) is 59.2 Å². The van der Waals surface area contributed by atoms with E-state index in [1.165, 1.54) is 0 Å². The minimum Gasteiger partial charge on any atom is -0.490 e. The van der Waals surface area contributed by atoms with E-state index >= 15 is 0 Å². The predicted octanol–water partition coefficient (Wildman–Crippen LogP) is 5.36. The highest BCUT2D eigenvalue weighted by atomic mass is 35.5. The van der Waals surface area contributed by atoms with Crippen LogP contribution in [0.15, 0.2) is 47.5 Å². The molecule has 0 bridgehead atoms. The van der Waals surface area contributed by atoms with E-state index in [2.05, 4.69) is 24.2 Å². The van der Waals surface area contributed by atoms with Crippen LogP contribution in [0.5, 0.6) is 5.75 Å². The number of anilines is 1. The maximum absolute atomic E-state index is 12.6. The minimum atomic E-state index is -0.141. The Morgan fingerprint density at radius 1 is 1.13 bits per heavy atom. The fraction of sp³-hybridized carbons (Fsp3) is 0.417. The molecule has 3 rings (SSSR count). The van der Waals surface area contributed by atoms with Crippen LogP contribution in [0.2, 0.25) is 0 Å². The fourth-order valence-corrected chi connectivity index (χ4v) is 3.46. The SMILES string of the molecule is CCCCCN=C(N)c1ccc(C(=O)Nc2ccc3c(c2)CCC(CC)O3)cc1.Cl. The molecule has 30 heavy (non-hydrogen) atoms. The number of fused-ring (bicyclic) bond motifs is 1. The molecule has 0 aromatic heterocycles. The zero-order chi connectivity index (χ0) is 20.6. The number of amides is 1. The number of unbranched alkanes of at least 4 members (excludes halogenated alkanes) is 2. The Morgan fingerprint density at radius 3 is 2.57 bits per heavy atom. The van der Waals surface area contributed by atoms with Gasteiger partial charge >= 0.3 is 0 Å². The number of nitrogens with two attached hydrogens (primary N) is 1. The first kappa shape index (κ1) is 23.7. The van der Waals surface area contributed by atoms with E-state index in [4.69, 9.17) is 10.5 Å². The number of aryl methyl sites for hydroxylation is 1. The van der Waals surface area contributed by atoms with Crippen molar-refractivity contribution >= 4 is 29.8 Å². The van der Waals surface area contributed by atoms with Gasteiger partial charge in [-0.3, -0.25) is 9.79 Å². The zero-order valence-electron chi connectivity index (χ0n) is 17.8. The Balaban J connectivity index is 0.00000320. The second-order valence-electron chi connectivity index (χ2n) is 7.51. The molecule has 1 atom stereocenters. The molecule has 1 aliphatic heterocycles. The number of aliphatic imine (C=N–C) groups is 1. The topological polar surface area (TPSA) is 76.7 Å². The van der Waals surface area contributed by atoms with Crippen LogP contribution >= 0.6 is 12.4 Å². The number of halogens is 1. The summed E-state index contributed by atoms with van der Waals surface area (Å²) in [6.45, 7) is 5.04. The third kappa shape index (κ3) is 6.23. The van der Waals surface area contributed by atoms with Crippen molar-refractivity contribution in [3.8, 4) is 5.75 Å². The summed E-state index contributed by atoms with van der Waals surface area (Å²) in [5, 5.41) is 2.97. The van der Waals surface area contributed by atoms with Gasteiger partial charge in [0.15, 0.2) is 0 Å². The molecule has 3 N–H and O–H groups in total. The second-order valence-corrected chi connectivity index (χ2v) is 7.51. The van der Waals surface area contributed by atoms with Crippen molar-refractivity contribution in [1.29, 1.82) is 0 Å². The van der Waals surface area contributed by atoms with Crippen molar-refractivity contribution < 1.29 is 9.53 Å². The molecule has 1 amide bonds. The zero-order valence-corrected chi connectivity index (χ0v) is 18.6. The standard InChI is InChI=1S/C24H31N3O2.ClH/c1-3-5-6-15-26-23(25)17-7-9-18(10-8-17)24(28)27-20-12-14-22-19(16-20)11-13-21(4-2)29-22;/h7-10,12,14,16,21H,3-6,11,13,15H2,1-2H3,(H2,25,26)(H,27,28);1H. The van der Waals surface area contributed by atoms with Gasteiger partial charge in [-0.25, -0.2) is 0 Å². The lowest BCUT2D eigenvalue weighted by atomic mass is 10.0. The molecule has 0 saturated carbocycles. The lowest BCUT2D eigenvalue weighted by molar-refractivity contribution is 0.102. The molecule has 0 fully saturated rings. The quantitative estimate of drug-likeness (QED) is 0.337. The lowest BCUT2D eigenvalue weighted by Crippen LogP contribution is -2.21. The molecule has 0 aliphatic carbocycles. The van der Waals surface area contributed by atoms with Crippen molar-refractivity contribution in [2.75, 3.05) is 11.9 Å². The van der Waals surface area contributed by atoms with Gasteiger partial charge in [0.1, 0.15) is 11.6 Å². The molecule has 2 aromatic carbocycles. The minimum absolute atomic E-state index is 0. The summed E-state index contributed by atoms with van der Waals surface area (Å²) in [5.74, 6) is 1.31. The van der Waals surface area contributed by atoms with Crippen molar-refractivity contribution in [3.63, 3.8) is 0 Å². The summed E-state index contributed by atoms with van der Waals surface area (Å²) in [6.07, 6.45) is 6.67. The molecule has 1 heterocycles. The number of ether oxygens (including phenoxy) is 1. The van der Waals surface area contributed by atoms with E-state index in [-0.39, 0.29) is 18.3 Å². The van der Waals surface area contributed by atoms with E-state index in [1.54, 1.807) is 12.1 Å². The number of rotatable bonds is 8. The Hall–Kier alpha value is -2.53. The largest absolute Gasteiger partial charge is 0.490 e. The number of carbonyl (C=O) groups excluding carboxylic acids is 1. The van der Waals surface area contributed by atoms with Gasteiger partial charge in [0.25, 0.3) is 5.91 Å². The number of carbonyl (C=O) groups is 1. The van der Waals surface area contributed by atoms with Crippen molar-refractivity contribution in [1.82, 2.24) is 0 Å². The van der Waals surface area contributed by atoms with Crippen LogP contribution in [0.3, 0.4) is 0 Å². The van der Waals surface area contributed by atoms with E-state index in [0.29, 0.717) is 17.5 Å². The number of nitrogens with one attached hydrogen (secondary N) is 1. The van der Waals surface area contributed by atoms with E-state index in [1.807, 2.05) is 30.3 Å². The molecule has 1 unspecified atom stereocenters. The molecular weight excluding hydrogens is 398 g/mol. The van der Waals surface area contributed by atoms with Crippen LogP contribution in [-0.2, 0) is 6.42 Å². The van der Waals surface area contributed by atoms with Crippen LogP contribution in [0.4, 0.5) is 5.69 Å². The van der Waals surface area contributed by atoms with Gasteiger partial charge in [-0.15, -0.1) is 12.4 Å². The Morgan fingerprint density at radius 2 is 1.87 bits per heavy atom. The molecule has 5 nitrogen and oxygen atoms in total. The second kappa shape index (κ2) is 11.6. The van der Waals surface area contributed by atoms with Gasteiger partial charge in [0.05, 0.1) is 6.10 Å². The average Bonchev–Trinajstić information content (AvgIpc) is 2.76. The maximum atomic E-state index is 12.6. The molecule has 0 saturated heterocycles. The monoisotopic (exact) mass is 429 g/mol. The maximum Gasteiger partial charge on any atom is 0.255 e. The molecule has 6 heteroatoms. The highest BCUT2D eigenvalue weighted by Crippen LogP contribution is 2.31. The van der Waals surface area contributed by atoms with Crippen LogP contribution in [-0.4, -0.2) is 24.4 Å². The molecule has 0 radical (unpaired) electrons. The fourth-order valence-electron chi connectivity index (χ4n) is 3.46. The summed E-state index contributed by atoms with van der Waals surface area (Å²) in [6, 6.07) is 13.1. The molecule has 0 spiro atoms. The van der Waals surface area contributed by atoms with Crippen LogP contribution in [0.1, 0.15) is 67.4 Å². The number of nitrogens with zero attached hydrogens (tertiary/aromatic N) is 1. The third-order valence-corrected chi connectivity index (χ3v) is 5.29. The number of amidine groups is 1. The summed E-state index contributed by atoms with van der Waals surface area (Å²) in [5.41, 5.74) is 9.42.